The van der Waals surface area contributed by atoms with Crippen LogP contribution in [0.15, 0.2) is 0 Å². The molecule has 0 spiro atoms. The Bertz CT molecular complexity index is 37.5. The van der Waals surface area contributed by atoms with Gasteiger partial charge in [0.05, 0.1) is 0 Å². The summed E-state index contributed by atoms with van der Waals surface area (Å²) in [6.07, 6.45) is 1.18. The first kappa shape index (κ1) is 12.3. The van der Waals surface area contributed by atoms with Crippen LogP contribution in [0.5, 0.6) is 0 Å². The molecule has 0 aromatic rings. The maximum Gasteiger partial charge on any atom is 1.00 e. The van der Waals surface area contributed by atoms with Crippen LogP contribution >= 0.6 is 0 Å². The molecule has 44 valence electrons. The van der Waals surface area contributed by atoms with Crippen molar-refractivity contribution in [3.05, 3.63) is 5.32 Å². The van der Waals surface area contributed by atoms with Crippen molar-refractivity contribution in [3.63, 3.8) is 0 Å². The van der Waals surface area contributed by atoms with Crippen LogP contribution in [-0.4, -0.2) is 12.6 Å². The topological polar surface area (TPSA) is 14.1 Å². The van der Waals surface area contributed by atoms with Gasteiger partial charge in [-0.25, -0.2) is 0 Å². The molecule has 0 saturated heterocycles. The van der Waals surface area contributed by atoms with E-state index in [-0.39, 0.29) is 51.4 Å². The molecule has 0 aromatic carbocycles. The molecule has 0 radical (unpaired) electrons. The van der Waals surface area contributed by atoms with Crippen LogP contribution in [0.4, 0.5) is 0 Å². The Morgan fingerprint density at radius 3 is 2.00 bits per heavy atom. The monoisotopic (exact) mass is 139 g/mol. The summed E-state index contributed by atoms with van der Waals surface area (Å²) in [5.74, 6) is 0. The smallest absolute Gasteiger partial charge is 0.660 e. The van der Waals surface area contributed by atoms with E-state index in [1.54, 1.807) is 0 Å². The van der Waals surface area contributed by atoms with E-state index in [1.807, 2.05) is 0 Å². The van der Waals surface area contributed by atoms with Gasteiger partial charge in [-0.3, -0.25) is 0 Å². The van der Waals surface area contributed by atoms with Gasteiger partial charge in [-0.05, 0) is 0 Å². The van der Waals surface area contributed by atoms with E-state index >= 15 is 0 Å². The summed E-state index contributed by atoms with van der Waals surface area (Å²) in [6.45, 7) is 7.38. The molecular formula is C6H14KN. The van der Waals surface area contributed by atoms with Crippen molar-refractivity contribution in [1.82, 2.24) is 0 Å². The fourth-order valence-corrected chi connectivity index (χ4v) is 0.387. The predicted octanol–water partition coefficient (Wildman–Crippen LogP) is -0.817. The molecule has 8 heavy (non-hydrogen) atoms. The minimum Gasteiger partial charge on any atom is -0.660 e. The van der Waals surface area contributed by atoms with Crippen LogP contribution in [0.3, 0.4) is 0 Å². The quantitative estimate of drug-likeness (QED) is 0.454. The summed E-state index contributed by atoms with van der Waals surface area (Å²) in [5, 5.41) is 4.24. The molecule has 0 aliphatic rings. The summed E-state index contributed by atoms with van der Waals surface area (Å²) in [4.78, 5) is 0. The van der Waals surface area contributed by atoms with Crippen LogP contribution in [0.25, 0.3) is 5.32 Å². The first-order chi connectivity index (χ1) is 3.27. The fourth-order valence-electron chi connectivity index (χ4n) is 0.387. The first-order valence-electron chi connectivity index (χ1n) is 2.94. The average molecular weight is 139 g/mol. The molecule has 0 heterocycles. The molecule has 0 saturated carbocycles. The normalized spacial score (nSPS) is 9.00. The van der Waals surface area contributed by atoms with Gasteiger partial charge in [0.15, 0.2) is 0 Å². The fraction of sp³-hybridized carbons (Fsp3) is 1.00. The molecule has 0 atom stereocenters. The van der Waals surface area contributed by atoms with E-state index in [2.05, 4.69) is 26.1 Å². The Kier molecular flexibility index (Phi) is 13.2. The molecule has 0 aromatic heterocycles. The van der Waals surface area contributed by atoms with Crippen molar-refractivity contribution in [1.29, 1.82) is 0 Å². The number of hydrogen-bond acceptors (Lipinski definition) is 0. The van der Waals surface area contributed by atoms with Gasteiger partial charge in [0, 0.05) is 0 Å². The minimum absolute atomic E-state index is 0. The SMILES string of the molecule is CCC[N-]C(C)C.[K+]. The summed E-state index contributed by atoms with van der Waals surface area (Å²) >= 11 is 0. The van der Waals surface area contributed by atoms with Crippen LogP contribution in [0.2, 0.25) is 0 Å². The number of hydrogen-bond donors (Lipinski definition) is 0. The van der Waals surface area contributed by atoms with Crippen LogP contribution in [0, 0.1) is 0 Å². The van der Waals surface area contributed by atoms with E-state index in [0.29, 0.717) is 6.04 Å². The van der Waals surface area contributed by atoms with Gasteiger partial charge in [0.2, 0.25) is 0 Å². The molecule has 0 bridgehead atoms. The van der Waals surface area contributed by atoms with Gasteiger partial charge >= 0.3 is 51.4 Å². The maximum absolute atomic E-state index is 4.24. The van der Waals surface area contributed by atoms with E-state index in [1.165, 1.54) is 6.42 Å². The molecule has 0 unspecified atom stereocenters. The summed E-state index contributed by atoms with van der Waals surface area (Å²) in [7, 11) is 0. The molecule has 0 N–H and O–H groups in total. The standard InChI is InChI=1S/C6H14N.K/c1-4-5-7-6(2)3;/h6H,4-5H2,1-3H3;/q-1;+1. The van der Waals surface area contributed by atoms with E-state index in [9.17, 15) is 0 Å². The summed E-state index contributed by atoms with van der Waals surface area (Å²) in [5.41, 5.74) is 0. The second kappa shape index (κ2) is 8.60. The minimum atomic E-state index is 0. The Morgan fingerprint density at radius 2 is 1.88 bits per heavy atom. The third-order valence-corrected chi connectivity index (χ3v) is 0.718. The summed E-state index contributed by atoms with van der Waals surface area (Å²) < 4.78 is 0. The van der Waals surface area contributed by atoms with Crippen LogP contribution in [-0.2, 0) is 0 Å². The van der Waals surface area contributed by atoms with Crippen molar-refractivity contribution in [2.45, 2.75) is 33.2 Å². The Balaban J connectivity index is 0. The van der Waals surface area contributed by atoms with Crippen molar-refractivity contribution in [2.75, 3.05) is 6.54 Å². The zero-order valence-corrected chi connectivity index (χ0v) is 9.56. The van der Waals surface area contributed by atoms with Crippen LogP contribution in [0.1, 0.15) is 27.2 Å². The van der Waals surface area contributed by atoms with Gasteiger partial charge in [0.25, 0.3) is 0 Å². The zero-order chi connectivity index (χ0) is 5.70. The van der Waals surface area contributed by atoms with Gasteiger partial charge in [0.1, 0.15) is 0 Å². The Morgan fingerprint density at radius 1 is 1.38 bits per heavy atom. The number of nitrogens with zero attached hydrogens (tertiary/aromatic N) is 1. The summed E-state index contributed by atoms with van der Waals surface area (Å²) in [6, 6.07) is 0.528. The third-order valence-electron chi connectivity index (χ3n) is 0.718. The van der Waals surface area contributed by atoms with Gasteiger partial charge < -0.3 is 5.32 Å². The number of rotatable bonds is 3. The van der Waals surface area contributed by atoms with E-state index in [0.717, 1.165) is 6.54 Å². The van der Waals surface area contributed by atoms with Gasteiger partial charge in [-0.15, -0.1) is 12.6 Å². The second-order valence-electron chi connectivity index (χ2n) is 2.00. The molecule has 0 rings (SSSR count). The molecule has 1 nitrogen and oxygen atoms in total. The van der Waals surface area contributed by atoms with E-state index in [4.69, 9.17) is 0 Å². The molecular weight excluding hydrogens is 125 g/mol. The van der Waals surface area contributed by atoms with Gasteiger partial charge in [-0.2, -0.15) is 0 Å². The average Bonchev–Trinajstić information content (AvgIpc) is 1.61. The molecule has 0 amide bonds. The maximum atomic E-state index is 4.24. The molecule has 2 heteroatoms. The van der Waals surface area contributed by atoms with Crippen molar-refractivity contribution in [2.24, 2.45) is 0 Å². The van der Waals surface area contributed by atoms with Crippen molar-refractivity contribution < 1.29 is 51.4 Å². The predicted molar refractivity (Wildman–Crippen MR) is 33.7 cm³/mol. The van der Waals surface area contributed by atoms with Crippen molar-refractivity contribution >= 4 is 0 Å². The first-order valence-corrected chi connectivity index (χ1v) is 2.94. The third kappa shape index (κ3) is 10.6. The molecule has 0 aliphatic heterocycles. The largest absolute Gasteiger partial charge is 1.00 e. The Labute approximate surface area is 95.0 Å². The molecule has 0 fully saturated rings. The van der Waals surface area contributed by atoms with E-state index < -0.39 is 0 Å². The Hall–Kier alpha value is 1.60. The van der Waals surface area contributed by atoms with Crippen molar-refractivity contribution in [3.8, 4) is 0 Å². The van der Waals surface area contributed by atoms with Gasteiger partial charge in [-0.1, -0.05) is 27.2 Å². The zero-order valence-electron chi connectivity index (χ0n) is 6.44. The second-order valence-corrected chi connectivity index (χ2v) is 2.00. The molecule has 0 aliphatic carbocycles. The van der Waals surface area contributed by atoms with Crippen LogP contribution < -0.4 is 51.4 Å².